The van der Waals surface area contributed by atoms with Gasteiger partial charge < -0.3 is 20.6 Å². The van der Waals surface area contributed by atoms with E-state index in [0.717, 1.165) is 52.1 Å². The van der Waals surface area contributed by atoms with E-state index in [1.54, 1.807) is 0 Å². The van der Waals surface area contributed by atoms with Crippen LogP contribution in [-0.4, -0.2) is 110 Å². The van der Waals surface area contributed by atoms with E-state index in [0.29, 0.717) is 44.9 Å². The van der Waals surface area contributed by atoms with Crippen LogP contribution in [0, 0.1) is 0 Å². The first-order valence-electron chi connectivity index (χ1n) is 10.8. The summed E-state index contributed by atoms with van der Waals surface area (Å²) in [6.07, 6.45) is 3.71. The van der Waals surface area contributed by atoms with Crippen molar-refractivity contribution < 1.29 is 19.5 Å². The molecule has 3 N–H and O–H groups in total. The quantitative estimate of drug-likeness (QED) is 0.223. The number of likely N-dealkylation sites (tertiary alicyclic amines) is 1. The van der Waals surface area contributed by atoms with Crippen LogP contribution in [0.2, 0.25) is 0 Å². The summed E-state index contributed by atoms with van der Waals surface area (Å²) >= 11 is 0. The van der Waals surface area contributed by atoms with Crippen LogP contribution in [0.3, 0.4) is 0 Å². The molecule has 2 amide bonds. The van der Waals surface area contributed by atoms with Crippen molar-refractivity contribution in [2.45, 2.75) is 44.6 Å². The molecular formula is C20H37N5O4. The Kier molecular flexibility index (Phi) is 10.4. The van der Waals surface area contributed by atoms with E-state index in [9.17, 15) is 14.4 Å². The van der Waals surface area contributed by atoms with E-state index < -0.39 is 5.97 Å². The number of rotatable bonds is 12. The van der Waals surface area contributed by atoms with Gasteiger partial charge in [0.05, 0.1) is 6.54 Å². The molecule has 9 heteroatoms. The van der Waals surface area contributed by atoms with Crippen LogP contribution in [0.25, 0.3) is 0 Å². The molecule has 0 aromatic heterocycles. The van der Waals surface area contributed by atoms with Crippen molar-refractivity contribution in [3.8, 4) is 0 Å². The zero-order valence-electron chi connectivity index (χ0n) is 17.7. The minimum atomic E-state index is -0.856. The second-order valence-electron chi connectivity index (χ2n) is 8.17. The highest BCUT2D eigenvalue weighted by molar-refractivity contribution is 5.78. The van der Waals surface area contributed by atoms with E-state index in [4.69, 9.17) is 5.11 Å². The second-order valence-corrected chi connectivity index (χ2v) is 8.17. The number of carbonyl (C=O) groups is 3. The van der Waals surface area contributed by atoms with E-state index in [-0.39, 0.29) is 18.2 Å². The van der Waals surface area contributed by atoms with Gasteiger partial charge in [0.1, 0.15) is 0 Å². The molecule has 2 aliphatic rings. The van der Waals surface area contributed by atoms with Crippen LogP contribution in [0.15, 0.2) is 0 Å². The molecule has 2 heterocycles. The number of amides is 2. The first-order chi connectivity index (χ1) is 13.9. The van der Waals surface area contributed by atoms with Crippen molar-refractivity contribution >= 4 is 17.8 Å². The topological polar surface area (TPSA) is 105 Å². The Labute approximate surface area is 173 Å². The number of carboxylic acid groups (broad SMARTS) is 1. The molecule has 0 aromatic rings. The zero-order chi connectivity index (χ0) is 21.1. The Morgan fingerprint density at radius 1 is 0.931 bits per heavy atom. The first-order valence-corrected chi connectivity index (χ1v) is 10.8. The third-order valence-electron chi connectivity index (χ3n) is 5.70. The average molecular weight is 422 g/mol. The predicted molar refractivity (Wildman–Crippen MR) is 111 cm³/mol. The van der Waals surface area contributed by atoms with Crippen molar-refractivity contribution in [1.29, 1.82) is 0 Å². The molecular weight excluding hydrogens is 385 g/mol. The molecule has 2 saturated heterocycles. The lowest BCUT2D eigenvalue weighted by Crippen LogP contribution is -2.50. The number of nitrogens with zero attached hydrogens (tertiary/aromatic N) is 3. The lowest BCUT2D eigenvalue weighted by Gasteiger charge is -2.36. The van der Waals surface area contributed by atoms with Crippen molar-refractivity contribution in [2.24, 2.45) is 0 Å². The molecule has 0 spiro atoms. The molecule has 2 aliphatic heterocycles. The van der Waals surface area contributed by atoms with Gasteiger partial charge in [-0.05, 0) is 39.3 Å². The highest BCUT2D eigenvalue weighted by atomic mass is 16.4. The fourth-order valence-electron chi connectivity index (χ4n) is 3.91. The summed E-state index contributed by atoms with van der Waals surface area (Å²) in [5.41, 5.74) is 0. The maximum absolute atomic E-state index is 12.3. The minimum Gasteiger partial charge on any atom is -0.481 e. The van der Waals surface area contributed by atoms with Crippen LogP contribution in [0.4, 0.5) is 0 Å². The summed E-state index contributed by atoms with van der Waals surface area (Å²) in [4.78, 5) is 41.5. The predicted octanol–water partition coefficient (Wildman–Crippen LogP) is -0.424. The summed E-state index contributed by atoms with van der Waals surface area (Å²) < 4.78 is 0. The molecule has 29 heavy (non-hydrogen) atoms. The van der Waals surface area contributed by atoms with Gasteiger partial charge in [-0.25, -0.2) is 0 Å². The number of nitrogens with one attached hydrogen (secondary N) is 2. The number of piperazine rings is 1. The Morgan fingerprint density at radius 2 is 1.59 bits per heavy atom. The van der Waals surface area contributed by atoms with Gasteiger partial charge in [0.2, 0.25) is 11.8 Å². The number of likely N-dealkylation sites (N-methyl/N-ethyl adjacent to an activating group) is 1. The monoisotopic (exact) mass is 422 g/mol. The van der Waals surface area contributed by atoms with Crippen molar-refractivity contribution in [3.63, 3.8) is 0 Å². The Hall–Kier alpha value is -1.71. The van der Waals surface area contributed by atoms with Gasteiger partial charge in [-0.15, -0.1) is 0 Å². The van der Waals surface area contributed by atoms with Crippen molar-refractivity contribution in [3.05, 3.63) is 0 Å². The van der Waals surface area contributed by atoms with Crippen LogP contribution in [0.5, 0.6) is 0 Å². The van der Waals surface area contributed by atoms with E-state index >= 15 is 0 Å². The first kappa shape index (κ1) is 23.6. The normalized spacial score (nSPS) is 21.2. The van der Waals surface area contributed by atoms with Crippen LogP contribution < -0.4 is 10.6 Å². The lowest BCUT2D eigenvalue weighted by molar-refractivity contribution is -0.137. The van der Waals surface area contributed by atoms with Crippen molar-refractivity contribution in [1.82, 2.24) is 25.3 Å². The maximum atomic E-state index is 12.3. The van der Waals surface area contributed by atoms with E-state index in [2.05, 4.69) is 32.4 Å². The molecule has 9 nitrogen and oxygen atoms in total. The third-order valence-corrected chi connectivity index (χ3v) is 5.70. The number of hydrogen-bond acceptors (Lipinski definition) is 6. The van der Waals surface area contributed by atoms with Gasteiger partial charge in [0.15, 0.2) is 0 Å². The molecule has 1 unspecified atom stereocenters. The molecule has 1 atom stereocenters. The fraction of sp³-hybridized carbons (Fsp3) is 0.850. The Morgan fingerprint density at radius 3 is 2.28 bits per heavy atom. The molecule has 0 radical (unpaired) electrons. The summed E-state index contributed by atoms with van der Waals surface area (Å²) in [6, 6.07) is 0.459. The SMILES string of the molecule is C[15N]1CC[15N]([13CH2][13CH]2[13CH2][13CH2][13CH2][15N]2CC(=O)NCC[13CH2]C(=O)NCCCC(=O)O)[13CH2][13CH2]1. The third kappa shape index (κ3) is 9.56. The molecule has 2 fully saturated rings. The second kappa shape index (κ2) is 12.8. The minimum absolute atomic E-state index is 0.0251. The van der Waals surface area contributed by atoms with Gasteiger partial charge in [-0.1, -0.05) is 0 Å². The van der Waals surface area contributed by atoms with Gasteiger partial charge >= 0.3 is 5.97 Å². The summed E-state index contributed by atoms with van der Waals surface area (Å²) in [5.74, 6) is -0.931. The molecule has 0 aliphatic carbocycles. The zero-order valence-corrected chi connectivity index (χ0v) is 17.7. The van der Waals surface area contributed by atoms with Crippen LogP contribution in [-0.2, 0) is 14.4 Å². The summed E-state index contributed by atoms with van der Waals surface area (Å²) in [7, 11) is 2.16. The van der Waals surface area contributed by atoms with Gasteiger partial charge in [-0.2, -0.15) is 0 Å². The number of hydrogen-bond donors (Lipinski definition) is 3. The maximum Gasteiger partial charge on any atom is 0.303 e. The smallest absolute Gasteiger partial charge is 0.303 e. The fourth-order valence-corrected chi connectivity index (χ4v) is 3.91. The standard InChI is InChI=1S/C20H37N5O4/c1-23-11-13-24(14-12-23)15-17-5-4-10-25(17)16-19(27)22-8-2-6-18(26)21-9-3-7-20(28)29/h17H,2-16H2,1H3,(H,21,26)(H,22,27)(H,28,29)/i4+1,5+1,6+1,10+1,11+1,13+1,15+1,17+1,23+1,24+1,25+1. The Bertz CT molecular complexity index is 537. The number of carbonyl (C=O) groups excluding carboxylic acids is 2. The highest BCUT2D eigenvalue weighted by Gasteiger charge is 2.28. The van der Waals surface area contributed by atoms with Crippen molar-refractivity contribution in [2.75, 3.05) is 66.0 Å². The molecule has 2 rings (SSSR count). The molecule has 0 bridgehead atoms. The number of carboxylic acids is 1. The lowest BCUT2D eigenvalue weighted by atomic mass is 10.3. The van der Waals surface area contributed by atoms with E-state index in [1.807, 2.05) is 0 Å². The van der Waals surface area contributed by atoms with Gasteiger partial charge in [0, 0.05) is 64.7 Å². The Balaban J connectivity index is 1.55. The molecule has 166 valence electrons. The summed E-state index contributed by atoms with van der Waals surface area (Å²) in [6.45, 7) is 7.74. The molecule has 0 aromatic carbocycles. The largest absolute Gasteiger partial charge is 0.481 e. The average Bonchev–Trinajstić information content (AvgIpc) is 3.10. The van der Waals surface area contributed by atoms with Gasteiger partial charge in [0.25, 0.3) is 0 Å². The van der Waals surface area contributed by atoms with Crippen LogP contribution in [0.1, 0.15) is 38.5 Å². The highest BCUT2D eigenvalue weighted by Crippen LogP contribution is 2.18. The molecule has 0 saturated carbocycles. The summed E-state index contributed by atoms with van der Waals surface area (Å²) in [5, 5.41) is 14.2. The van der Waals surface area contributed by atoms with Crippen LogP contribution >= 0.6 is 0 Å². The van der Waals surface area contributed by atoms with Gasteiger partial charge in [-0.3, -0.25) is 24.2 Å². The number of aliphatic carboxylic acids is 1. The van der Waals surface area contributed by atoms with E-state index in [1.165, 1.54) is 0 Å².